The molecule has 2 aromatic carbocycles. The number of hydrogen-bond donors (Lipinski definition) is 2. The van der Waals surface area contributed by atoms with Crippen LogP contribution < -0.4 is 10.3 Å². The van der Waals surface area contributed by atoms with Crippen LogP contribution in [0.25, 0.3) is 22.6 Å². The molecule has 3 aromatic rings. The predicted molar refractivity (Wildman–Crippen MR) is 108 cm³/mol. The van der Waals surface area contributed by atoms with Crippen molar-refractivity contribution in [1.82, 2.24) is 14.9 Å². The van der Waals surface area contributed by atoms with Crippen LogP contribution in [0.15, 0.2) is 59.4 Å². The first-order valence-electron chi connectivity index (χ1n) is 9.36. The minimum Gasteiger partial charge on any atom is -0.497 e. The van der Waals surface area contributed by atoms with E-state index in [0.29, 0.717) is 11.5 Å². The van der Waals surface area contributed by atoms with Gasteiger partial charge in [-0.05, 0) is 36.2 Å². The highest BCUT2D eigenvalue weighted by molar-refractivity contribution is 5.64. The van der Waals surface area contributed by atoms with Crippen LogP contribution in [0.5, 0.6) is 5.75 Å². The highest BCUT2D eigenvalue weighted by atomic mass is 16.5. The smallest absolute Gasteiger partial charge is 0.251 e. The van der Waals surface area contributed by atoms with E-state index in [-0.39, 0.29) is 11.7 Å². The molecule has 1 aromatic heterocycles. The second-order valence-corrected chi connectivity index (χ2v) is 7.08. The summed E-state index contributed by atoms with van der Waals surface area (Å²) < 4.78 is 5.18. The van der Waals surface area contributed by atoms with E-state index in [1.54, 1.807) is 7.11 Å². The Kier molecular flexibility index (Phi) is 5.23. The summed E-state index contributed by atoms with van der Waals surface area (Å²) in [7, 11) is 1.62. The summed E-state index contributed by atoms with van der Waals surface area (Å²) in [5.41, 5.74) is 3.32. The van der Waals surface area contributed by atoms with Crippen LogP contribution in [-0.4, -0.2) is 46.3 Å². The number of hydrogen-bond acceptors (Lipinski definition) is 5. The van der Waals surface area contributed by atoms with Crippen molar-refractivity contribution in [2.24, 2.45) is 0 Å². The number of β-amino-alcohol motifs (C(OH)–C–C–N with tert-alkyl or cyclic N) is 1. The Morgan fingerprint density at radius 1 is 1.14 bits per heavy atom. The number of methoxy groups -OCH3 is 1. The molecule has 2 heterocycles. The number of ether oxygens (including phenoxy) is 1. The monoisotopic (exact) mass is 377 g/mol. The fourth-order valence-corrected chi connectivity index (χ4v) is 3.49. The van der Waals surface area contributed by atoms with Crippen molar-refractivity contribution in [1.29, 1.82) is 0 Å². The summed E-state index contributed by atoms with van der Waals surface area (Å²) in [4.78, 5) is 21.9. The van der Waals surface area contributed by atoms with E-state index in [0.717, 1.165) is 42.9 Å². The van der Waals surface area contributed by atoms with Gasteiger partial charge >= 0.3 is 0 Å². The van der Waals surface area contributed by atoms with Gasteiger partial charge in [-0.2, -0.15) is 0 Å². The number of nitrogens with zero attached hydrogens (tertiary/aromatic N) is 2. The van der Waals surface area contributed by atoms with E-state index >= 15 is 0 Å². The zero-order chi connectivity index (χ0) is 19.5. The highest BCUT2D eigenvalue weighted by Gasteiger charge is 2.19. The van der Waals surface area contributed by atoms with Crippen LogP contribution in [0.1, 0.15) is 12.0 Å². The molecular formula is C22H23N3O3. The van der Waals surface area contributed by atoms with Crippen LogP contribution in [0.2, 0.25) is 0 Å². The summed E-state index contributed by atoms with van der Waals surface area (Å²) in [5.74, 6) is 1.30. The van der Waals surface area contributed by atoms with Gasteiger partial charge in [0.25, 0.3) is 5.56 Å². The third kappa shape index (κ3) is 4.13. The first-order valence-corrected chi connectivity index (χ1v) is 9.36. The number of benzene rings is 2. The molecule has 1 fully saturated rings. The molecule has 0 spiro atoms. The van der Waals surface area contributed by atoms with E-state index in [1.165, 1.54) is 11.6 Å². The maximum absolute atomic E-state index is 12.2. The van der Waals surface area contributed by atoms with Crippen LogP contribution >= 0.6 is 0 Å². The third-order valence-electron chi connectivity index (χ3n) is 5.01. The lowest BCUT2D eigenvalue weighted by Gasteiger charge is -2.15. The zero-order valence-corrected chi connectivity index (χ0v) is 15.8. The van der Waals surface area contributed by atoms with E-state index < -0.39 is 0 Å². The number of aliphatic hydroxyl groups excluding tert-OH is 1. The minimum absolute atomic E-state index is 0.189. The summed E-state index contributed by atoms with van der Waals surface area (Å²) >= 11 is 0. The molecule has 0 bridgehead atoms. The van der Waals surface area contributed by atoms with Crippen molar-refractivity contribution in [2.45, 2.75) is 19.1 Å². The van der Waals surface area contributed by atoms with Crippen molar-refractivity contribution in [3.8, 4) is 28.4 Å². The van der Waals surface area contributed by atoms with Gasteiger partial charge in [0.05, 0.1) is 18.9 Å². The Bertz CT molecular complexity index is 997. The molecule has 0 aliphatic carbocycles. The Morgan fingerprint density at radius 2 is 1.86 bits per heavy atom. The van der Waals surface area contributed by atoms with Gasteiger partial charge in [0, 0.05) is 36.8 Å². The SMILES string of the molecule is COc1ccc(-c2cc(=O)[nH]c(-c3ccc(CN4CC[C@@H](O)C4)cc3)n2)cc1. The van der Waals surface area contributed by atoms with Gasteiger partial charge in [-0.3, -0.25) is 9.69 Å². The van der Waals surface area contributed by atoms with Crippen LogP contribution in [-0.2, 0) is 6.54 Å². The lowest BCUT2D eigenvalue weighted by atomic mass is 10.1. The van der Waals surface area contributed by atoms with Crippen molar-refractivity contribution >= 4 is 0 Å². The molecule has 1 atom stereocenters. The lowest BCUT2D eigenvalue weighted by molar-refractivity contribution is 0.175. The second kappa shape index (κ2) is 7.96. The third-order valence-corrected chi connectivity index (χ3v) is 5.01. The normalized spacial score (nSPS) is 17.0. The van der Waals surface area contributed by atoms with Gasteiger partial charge in [0.2, 0.25) is 0 Å². The Balaban J connectivity index is 1.56. The average molecular weight is 377 g/mol. The summed E-state index contributed by atoms with van der Waals surface area (Å²) in [6.45, 7) is 2.45. The number of H-pyrrole nitrogens is 1. The largest absolute Gasteiger partial charge is 0.497 e. The highest BCUT2D eigenvalue weighted by Crippen LogP contribution is 2.23. The Hall–Kier alpha value is -2.96. The Labute approximate surface area is 163 Å². The number of likely N-dealkylation sites (tertiary alicyclic amines) is 1. The molecule has 6 nitrogen and oxygen atoms in total. The number of nitrogens with one attached hydrogen (secondary N) is 1. The maximum Gasteiger partial charge on any atom is 0.251 e. The quantitative estimate of drug-likeness (QED) is 0.715. The molecule has 0 radical (unpaired) electrons. The zero-order valence-electron chi connectivity index (χ0n) is 15.8. The summed E-state index contributed by atoms with van der Waals surface area (Å²) in [6, 6.07) is 17.0. The van der Waals surface area contributed by atoms with Gasteiger partial charge < -0.3 is 14.8 Å². The molecule has 1 aliphatic heterocycles. The van der Waals surface area contributed by atoms with E-state index in [4.69, 9.17) is 4.74 Å². The van der Waals surface area contributed by atoms with E-state index in [9.17, 15) is 9.90 Å². The molecule has 0 saturated carbocycles. The summed E-state index contributed by atoms with van der Waals surface area (Å²) in [5, 5.41) is 9.65. The maximum atomic E-state index is 12.2. The first kappa shape index (κ1) is 18.4. The lowest BCUT2D eigenvalue weighted by Crippen LogP contribution is -2.21. The molecule has 0 unspecified atom stereocenters. The molecule has 1 aliphatic rings. The van der Waals surface area contributed by atoms with Gasteiger partial charge in [-0.1, -0.05) is 24.3 Å². The summed E-state index contributed by atoms with van der Waals surface area (Å²) in [6.07, 6.45) is 0.621. The predicted octanol–water partition coefficient (Wildman–Crippen LogP) is 2.68. The van der Waals surface area contributed by atoms with E-state index in [1.807, 2.05) is 48.5 Å². The number of aliphatic hydroxyl groups is 1. The van der Waals surface area contributed by atoms with Gasteiger partial charge in [-0.25, -0.2) is 4.98 Å². The fraction of sp³-hybridized carbons (Fsp3) is 0.273. The Morgan fingerprint density at radius 3 is 2.50 bits per heavy atom. The standard InChI is InChI=1S/C22H23N3O3/c1-28-19-8-6-16(7-9-19)20-12-21(27)24-22(23-20)17-4-2-15(3-5-17)13-25-11-10-18(26)14-25/h2-9,12,18,26H,10-11,13-14H2,1H3,(H,23,24,27)/t18-/m1/s1. The van der Waals surface area contributed by atoms with Gasteiger partial charge in [0.1, 0.15) is 11.6 Å². The fourth-order valence-electron chi connectivity index (χ4n) is 3.49. The topological polar surface area (TPSA) is 78.5 Å². The molecule has 1 saturated heterocycles. The molecule has 0 amide bonds. The van der Waals surface area contributed by atoms with Crippen molar-refractivity contribution < 1.29 is 9.84 Å². The van der Waals surface area contributed by atoms with Gasteiger partial charge in [0.15, 0.2) is 0 Å². The average Bonchev–Trinajstić information content (AvgIpc) is 3.13. The molecular weight excluding hydrogens is 354 g/mol. The number of aromatic amines is 1. The van der Waals surface area contributed by atoms with Gasteiger partial charge in [-0.15, -0.1) is 0 Å². The van der Waals surface area contributed by atoms with Crippen LogP contribution in [0.4, 0.5) is 0 Å². The van der Waals surface area contributed by atoms with Crippen LogP contribution in [0.3, 0.4) is 0 Å². The number of rotatable bonds is 5. The minimum atomic E-state index is -0.214. The molecule has 144 valence electrons. The van der Waals surface area contributed by atoms with Crippen LogP contribution in [0, 0.1) is 0 Å². The molecule has 28 heavy (non-hydrogen) atoms. The molecule has 4 rings (SSSR count). The first-order chi connectivity index (χ1) is 13.6. The molecule has 6 heteroatoms. The van der Waals surface area contributed by atoms with Crippen molar-refractivity contribution in [2.75, 3.05) is 20.2 Å². The second-order valence-electron chi connectivity index (χ2n) is 7.08. The molecule has 2 N–H and O–H groups in total. The van der Waals surface area contributed by atoms with E-state index in [2.05, 4.69) is 14.9 Å². The van der Waals surface area contributed by atoms with Crippen molar-refractivity contribution in [3.63, 3.8) is 0 Å². The number of aromatic nitrogens is 2. The van der Waals surface area contributed by atoms with Crippen molar-refractivity contribution in [3.05, 3.63) is 70.5 Å².